The maximum Gasteiger partial charge on any atom is 0.274 e. The number of imidazole rings is 1. The number of aromatic nitrogens is 2. The standard InChI is InChI=1S/C33H36N4O4/c1-35(32(38)28-16-8-12-24-11-3-4-15-27(24)28)31-30(37-18-6-5-17-29(37)34-31)33(39)36(22-26-14-9-19-41-26)21-23-10-7-13-25(20-23)40-2/h3-4,7-8,10-13,15-16,20,26H,5-6,9,14,17-19,21-22H2,1-2H3. The van der Waals surface area contributed by atoms with E-state index in [0.717, 1.165) is 60.0 Å². The van der Waals surface area contributed by atoms with E-state index in [1.54, 1.807) is 19.1 Å². The number of methoxy groups -OCH3 is 1. The van der Waals surface area contributed by atoms with E-state index in [0.29, 0.717) is 43.3 Å². The smallest absolute Gasteiger partial charge is 0.274 e. The molecule has 212 valence electrons. The van der Waals surface area contributed by atoms with Crippen molar-refractivity contribution in [1.29, 1.82) is 0 Å². The summed E-state index contributed by atoms with van der Waals surface area (Å²) in [4.78, 5) is 36.9. The highest BCUT2D eigenvalue weighted by Gasteiger charge is 2.33. The average Bonchev–Trinajstić information content (AvgIpc) is 3.67. The topological polar surface area (TPSA) is 76.9 Å². The molecule has 0 N–H and O–H groups in total. The summed E-state index contributed by atoms with van der Waals surface area (Å²) in [5, 5.41) is 1.87. The van der Waals surface area contributed by atoms with Crippen LogP contribution in [0.1, 0.15) is 57.9 Å². The molecule has 0 bridgehead atoms. The summed E-state index contributed by atoms with van der Waals surface area (Å²) in [6, 6.07) is 21.4. The Hall–Kier alpha value is -4.17. The Kier molecular flexibility index (Phi) is 7.74. The molecule has 0 aliphatic carbocycles. The van der Waals surface area contributed by atoms with Crippen LogP contribution in [0, 0.1) is 0 Å². The van der Waals surface area contributed by atoms with Crippen molar-refractivity contribution in [2.45, 2.75) is 51.3 Å². The maximum absolute atomic E-state index is 14.6. The Morgan fingerprint density at radius 1 is 1.02 bits per heavy atom. The molecule has 3 heterocycles. The highest BCUT2D eigenvalue weighted by Crippen LogP contribution is 2.30. The van der Waals surface area contributed by atoms with Crippen molar-refractivity contribution < 1.29 is 19.1 Å². The number of anilines is 1. The lowest BCUT2D eigenvalue weighted by Crippen LogP contribution is -2.39. The van der Waals surface area contributed by atoms with E-state index in [4.69, 9.17) is 14.5 Å². The molecular formula is C33H36N4O4. The van der Waals surface area contributed by atoms with E-state index >= 15 is 0 Å². The van der Waals surface area contributed by atoms with Crippen LogP contribution in [0.2, 0.25) is 0 Å². The van der Waals surface area contributed by atoms with Gasteiger partial charge in [-0.1, -0.05) is 48.5 Å². The van der Waals surface area contributed by atoms with Gasteiger partial charge in [0.25, 0.3) is 11.8 Å². The quantitative estimate of drug-likeness (QED) is 0.289. The minimum absolute atomic E-state index is 0.0215. The van der Waals surface area contributed by atoms with Gasteiger partial charge in [0.05, 0.1) is 13.2 Å². The average molecular weight is 553 g/mol. The van der Waals surface area contributed by atoms with Gasteiger partial charge in [-0.05, 0) is 60.2 Å². The lowest BCUT2D eigenvalue weighted by molar-refractivity contribution is 0.0498. The Morgan fingerprint density at radius 3 is 2.68 bits per heavy atom. The lowest BCUT2D eigenvalue weighted by atomic mass is 10.0. The second kappa shape index (κ2) is 11.7. The van der Waals surface area contributed by atoms with E-state index < -0.39 is 0 Å². The third-order valence-electron chi connectivity index (χ3n) is 8.15. The van der Waals surface area contributed by atoms with Crippen molar-refractivity contribution in [2.24, 2.45) is 0 Å². The Bertz CT molecular complexity index is 1570. The first-order valence-corrected chi connectivity index (χ1v) is 14.4. The number of hydrogen-bond acceptors (Lipinski definition) is 5. The Balaban J connectivity index is 1.39. The van der Waals surface area contributed by atoms with Crippen LogP contribution in [0.4, 0.5) is 5.82 Å². The number of aryl methyl sites for hydroxylation is 1. The van der Waals surface area contributed by atoms with Crippen LogP contribution in [0.3, 0.4) is 0 Å². The number of nitrogens with zero attached hydrogens (tertiary/aromatic N) is 4. The third kappa shape index (κ3) is 5.44. The normalized spacial score (nSPS) is 16.4. The molecule has 0 spiro atoms. The summed E-state index contributed by atoms with van der Waals surface area (Å²) < 4.78 is 13.4. The molecule has 8 nitrogen and oxygen atoms in total. The Morgan fingerprint density at radius 2 is 1.85 bits per heavy atom. The second-order valence-corrected chi connectivity index (χ2v) is 10.9. The maximum atomic E-state index is 14.6. The van der Waals surface area contributed by atoms with Gasteiger partial charge in [-0.15, -0.1) is 0 Å². The monoisotopic (exact) mass is 552 g/mol. The first-order chi connectivity index (χ1) is 20.0. The molecule has 8 heteroatoms. The SMILES string of the molecule is COc1cccc(CN(CC2CCCO2)C(=O)c2c(N(C)C(=O)c3cccc4ccccc34)nc3n2CCCC3)c1. The van der Waals surface area contributed by atoms with Crippen LogP contribution in [0.15, 0.2) is 66.7 Å². The van der Waals surface area contributed by atoms with Gasteiger partial charge in [0, 0.05) is 45.3 Å². The minimum Gasteiger partial charge on any atom is -0.497 e. The molecule has 41 heavy (non-hydrogen) atoms. The van der Waals surface area contributed by atoms with Crippen LogP contribution in [0.5, 0.6) is 5.75 Å². The fraction of sp³-hybridized carbons (Fsp3) is 0.364. The number of benzene rings is 3. The highest BCUT2D eigenvalue weighted by molar-refractivity contribution is 6.15. The first-order valence-electron chi connectivity index (χ1n) is 14.4. The predicted octanol–water partition coefficient (Wildman–Crippen LogP) is 5.48. The molecule has 2 aliphatic rings. The molecule has 1 aromatic heterocycles. The molecule has 6 rings (SSSR count). The zero-order valence-corrected chi connectivity index (χ0v) is 23.7. The van der Waals surface area contributed by atoms with Crippen LogP contribution >= 0.6 is 0 Å². The van der Waals surface area contributed by atoms with Crippen LogP contribution < -0.4 is 9.64 Å². The fourth-order valence-electron chi connectivity index (χ4n) is 6.00. The molecular weight excluding hydrogens is 516 g/mol. The lowest BCUT2D eigenvalue weighted by Gasteiger charge is -2.28. The number of amides is 2. The molecule has 3 aromatic carbocycles. The van der Waals surface area contributed by atoms with E-state index in [1.807, 2.05) is 76.2 Å². The summed E-state index contributed by atoms with van der Waals surface area (Å²) in [5.74, 6) is 1.68. The minimum atomic E-state index is -0.190. The van der Waals surface area contributed by atoms with Gasteiger partial charge in [0.15, 0.2) is 11.5 Å². The number of rotatable bonds is 8. The van der Waals surface area contributed by atoms with E-state index in [9.17, 15) is 9.59 Å². The fourth-order valence-corrected chi connectivity index (χ4v) is 6.00. The van der Waals surface area contributed by atoms with Gasteiger partial charge < -0.3 is 18.9 Å². The van der Waals surface area contributed by atoms with Crippen molar-refractivity contribution in [2.75, 3.05) is 32.2 Å². The van der Waals surface area contributed by atoms with Crippen molar-refractivity contribution in [3.63, 3.8) is 0 Å². The summed E-state index contributed by atoms with van der Waals surface area (Å²) in [5.41, 5.74) is 2.02. The van der Waals surface area contributed by atoms with E-state index in [1.165, 1.54) is 0 Å². The number of hydrogen-bond donors (Lipinski definition) is 0. The molecule has 1 fully saturated rings. The van der Waals surface area contributed by atoms with E-state index in [-0.39, 0.29) is 17.9 Å². The van der Waals surface area contributed by atoms with Crippen molar-refractivity contribution in [1.82, 2.24) is 14.5 Å². The summed E-state index contributed by atoms with van der Waals surface area (Å²) in [6.45, 7) is 2.28. The zero-order chi connectivity index (χ0) is 28.3. The van der Waals surface area contributed by atoms with Crippen molar-refractivity contribution >= 4 is 28.4 Å². The van der Waals surface area contributed by atoms with Crippen LogP contribution in [0.25, 0.3) is 10.8 Å². The van der Waals surface area contributed by atoms with Gasteiger partial charge in [-0.3, -0.25) is 14.5 Å². The molecule has 2 amide bonds. The van der Waals surface area contributed by atoms with Gasteiger partial charge in [-0.2, -0.15) is 0 Å². The highest BCUT2D eigenvalue weighted by atomic mass is 16.5. The molecule has 1 atom stereocenters. The number of carbonyl (C=O) groups is 2. The first kappa shape index (κ1) is 27.0. The van der Waals surface area contributed by atoms with Crippen LogP contribution in [-0.4, -0.2) is 59.7 Å². The largest absolute Gasteiger partial charge is 0.497 e. The Labute approximate surface area is 240 Å². The molecule has 1 saturated heterocycles. The summed E-state index contributed by atoms with van der Waals surface area (Å²) >= 11 is 0. The molecule has 0 saturated carbocycles. The van der Waals surface area contributed by atoms with E-state index in [2.05, 4.69) is 0 Å². The molecule has 1 unspecified atom stereocenters. The number of carbonyl (C=O) groups excluding carboxylic acids is 2. The third-order valence-corrected chi connectivity index (χ3v) is 8.15. The molecule has 2 aliphatic heterocycles. The predicted molar refractivity (Wildman–Crippen MR) is 159 cm³/mol. The van der Waals surface area contributed by atoms with Gasteiger partial charge >= 0.3 is 0 Å². The summed E-state index contributed by atoms with van der Waals surface area (Å²) in [7, 11) is 3.36. The van der Waals surface area contributed by atoms with Crippen molar-refractivity contribution in [3.05, 3.63) is 89.4 Å². The van der Waals surface area contributed by atoms with Crippen LogP contribution in [-0.2, 0) is 24.2 Å². The molecule has 0 radical (unpaired) electrons. The van der Waals surface area contributed by atoms with Gasteiger partial charge in [0.2, 0.25) is 0 Å². The second-order valence-electron chi connectivity index (χ2n) is 10.9. The van der Waals surface area contributed by atoms with Gasteiger partial charge in [-0.25, -0.2) is 4.98 Å². The van der Waals surface area contributed by atoms with Crippen molar-refractivity contribution in [3.8, 4) is 5.75 Å². The summed E-state index contributed by atoms with van der Waals surface area (Å²) in [6.07, 6.45) is 4.63. The zero-order valence-electron chi connectivity index (χ0n) is 23.7. The number of ether oxygens (including phenoxy) is 2. The number of fused-ring (bicyclic) bond motifs is 2. The molecule has 4 aromatic rings. The van der Waals surface area contributed by atoms with Gasteiger partial charge in [0.1, 0.15) is 11.6 Å².